The first-order valence-corrected chi connectivity index (χ1v) is 9.86. The van der Waals surface area contributed by atoms with Gasteiger partial charge in [0.05, 0.1) is 6.10 Å². The van der Waals surface area contributed by atoms with Crippen molar-refractivity contribution in [3.8, 4) is 11.6 Å². The summed E-state index contributed by atoms with van der Waals surface area (Å²) in [6.45, 7) is -0.403. The number of piperidine rings is 1. The zero-order valence-electron chi connectivity index (χ0n) is 17.2. The van der Waals surface area contributed by atoms with E-state index in [0.717, 1.165) is 5.69 Å². The van der Waals surface area contributed by atoms with E-state index >= 15 is 0 Å². The highest BCUT2D eigenvalue weighted by Crippen LogP contribution is 2.26. The fraction of sp³-hybridized carbons (Fsp3) is 0.421. The molecule has 3 aromatic rings. The second-order valence-electron chi connectivity index (χ2n) is 7.22. The fourth-order valence-electron chi connectivity index (χ4n) is 3.26. The number of nitrogens with two attached hydrogens (primary N) is 1. The smallest absolute Gasteiger partial charge is 0.369 e. The van der Waals surface area contributed by atoms with Crippen LogP contribution in [0.4, 0.5) is 36.8 Å². The highest BCUT2D eigenvalue weighted by atomic mass is 19.4. The van der Waals surface area contributed by atoms with E-state index in [0.29, 0.717) is 31.9 Å². The monoisotopic (exact) mass is 450 g/mol. The lowest BCUT2D eigenvalue weighted by Crippen LogP contribution is -2.38. The molecule has 0 aliphatic carbocycles. The summed E-state index contributed by atoms with van der Waals surface area (Å²) in [4.78, 5) is 20.5. The first-order chi connectivity index (χ1) is 15.3. The van der Waals surface area contributed by atoms with Crippen LogP contribution in [-0.4, -0.2) is 64.1 Å². The van der Waals surface area contributed by atoms with Gasteiger partial charge in [-0.3, -0.25) is 0 Å². The normalized spacial score (nSPS) is 15.2. The summed E-state index contributed by atoms with van der Waals surface area (Å²) in [6.07, 6.45) is -3.97. The Labute approximate surface area is 181 Å². The Morgan fingerprint density at radius 1 is 1.09 bits per heavy atom. The van der Waals surface area contributed by atoms with Crippen molar-refractivity contribution in [2.45, 2.75) is 25.1 Å². The number of ether oxygens (including phenoxy) is 1. The van der Waals surface area contributed by atoms with Gasteiger partial charge in [-0.25, -0.2) is 0 Å². The Bertz CT molecular complexity index is 1040. The van der Waals surface area contributed by atoms with Crippen molar-refractivity contribution in [2.75, 3.05) is 42.3 Å². The van der Waals surface area contributed by atoms with Crippen molar-refractivity contribution >= 4 is 23.6 Å². The summed E-state index contributed by atoms with van der Waals surface area (Å²) >= 11 is 0. The number of nitrogens with zero attached hydrogens (tertiary/aromatic N) is 7. The molecule has 0 saturated carbocycles. The van der Waals surface area contributed by atoms with Gasteiger partial charge in [0.1, 0.15) is 6.61 Å². The summed E-state index contributed by atoms with van der Waals surface area (Å²) in [6, 6.07) is 9.70. The molecule has 1 fully saturated rings. The molecule has 2 aromatic heterocycles. The Morgan fingerprint density at radius 3 is 2.50 bits per heavy atom. The van der Waals surface area contributed by atoms with Gasteiger partial charge in [0.25, 0.3) is 0 Å². The number of nitrogen functional groups attached to an aromatic ring is 1. The van der Waals surface area contributed by atoms with Gasteiger partial charge in [-0.05, 0) is 25.0 Å². The maximum absolute atomic E-state index is 12.3. The van der Waals surface area contributed by atoms with Crippen molar-refractivity contribution in [2.24, 2.45) is 0 Å². The lowest BCUT2D eigenvalue weighted by molar-refractivity contribution is -0.186. The Kier molecular flexibility index (Phi) is 6.08. The van der Waals surface area contributed by atoms with Crippen LogP contribution in [0.15, 0.2) is 34.9 Å². The molecule has 3 heterocycles. The van der Waals surface area contributed by atoms with Gasteiger partial charge in [0, 0.05) is 25.8 Å². The van der Waals surface area contributed by atoms with Crippen LogP contribution < -0.4 is 15.5 Å². The van der Waals surface area contributed by atoms with Crippen molar-refractivity contribution in [3.63, 3.8) is 0 Å². The van der Waals surface area contributed by atoms with Gasteiger partial charge < -0.3 is 24.8 Å². The Balaban J connectivity index is 1.44. The van der Waals surface area contributed by atoms with E-state index in [2.05, 4.69) is 25.1 Å². The molecule has 0 amide bonds. The number of halogens is 3. The molecule has 1 aliphatic heterocycles. The first-order valence-electron chi connectivity index (χ1n) is 9.86. The minimum absolute atomic E-state index is 0.00163. The molecule has 0 atom stereocenters. The predicted molar refractivity (Wildman–Crippen MR) is 109 cm³/mol. The zero-order chi connectivity index (χ0) is 22.7. The number of alkyl halides is 3. The highest BCUT2D eigenvalue weighted by molar-refractivity contribution is 5.59. The average molecular weight is 450 g/mol. The largest absolute Gasteiger partial charge is 0.411 e. The van der Waals surface area contributed by atoms with Gasteiger partial charge >= 0.3 is 12.2 Å². The van der Waals surface area contributed by atoms with Crippen LogP contribution in [0.3, 0.4) is 0 Å². The molecule has 0 bridgehead atoms. The Hall–Kier alpha value is -3.48. The topological polar surface area (TPSA) is 119 Å². The summed E-state index contributed by atoms with van der Waals surface area (Å²) in [5.74, 6) is 0.593. The summed E-state index contributed by atoms with van der Waals surface area (Å²) < 4.78 is 47.2. The number of hydrogen-bond acceptors (Lipinski definition) is 10. The van der Waals surface area contributed by atoms with Gasteiger partial charge in [0.15, 0.2) is 0 Å². The maximum atomic E-state index is 12.3. The Morgan fingerprint density at radius 2 is 1.81 bits per heavy atom. The second kappa shape index (κ2) is 8.94. The number of rotatable bonds is 6. The van der Waals surface area contributed by atoms with Crippen LogP contribution in [-0.2, 0) is 4.74 Å². The summed E-state index contributed by atoms with van der Waals surface area (Å²) in [5.41, 5.74) is 6.71. The molecule has 13 heteroatoms. The third kappa shape index (κ3) is 5.22. The summed E-state index contributed by atoms with van der Waals surface area (Å²) in [7, 11) is 1.79. The van der Waals surface area contributed by atoms with E-state index in [1.165, 1.54) is 0 Å². The first kappa shape index (κ1) is 21.7. The van der Waals surface area contributed by atoms with Crippen molar-refractivity contribution < 1.29 is 22.4 Å². The predicted octanol–water partition coefficient (Wildman–Crippen LogP) is 2.82. The van der Waals surface area contributed by atoms with Crippen LogP contribution in [0, 0.1) is 0 Å². The van der Waals surface area contributed by atoms with Crippen molar-refractivity contribution in [1.29, 1.82) is 0 Å². The molecule has 4 rings (SSSR count). The lowest BCUT2D eigenvalue weighted by atomic mass is 10.1. The number of aromatic nitrogens is 5. The zero-order valence-corrected chi connectivity index (χ0v) is 17.2. The second-order valence-corrected chi connectivity index (χ2v) is 7.22. The molecule has 1 aliphatic rings. The molecular formula is C19H21F3N8O2. The highest BCUT2D eigenvalue weighted by Gasteiger charge is 2.31. The minimum Gasteiger partial charge on any atom is -0.369 e. The molecule has 170 valence electrons. The molecule has 0 spiro atoms. The molecule has 0 unspecified atom stereocenters. The quantitative estimate of drug-likeness (QED) is 0.600. The van der Waals surface area contributed by atoms with Crippen molar-refractivity contribution in [3.05, 3.63) is 30.3 Å². The fourth-order valence-corrected chi connectivity index (χ4v) is 3.26. The van der Waals surface area contributed by atoms with Crippen molar-refractivity contribution in [1.82, 2.24) is 25.1 Å². The summed E-state index contributed by atoms with van der Waals surface area (Å²) in [5, 5.41) is 3.93. The van der Waals surface area contributed by atoms with E-state index in [1.807, 2.05) is 30.3 Å². The number of hydrogen-bond donors (Lipinski definition) is 1. The SMILES string of the molecule is CN(c1ccccc1)c1nc(N)nc(-c2noc(N3CCC(OCC(F)(F)F)CC3)n2)n1. The van der Waals surface area contributed by atoms with E-state index in [1.54, 1.807) is 16.8 Å². The van der Waals surface area contributed by atoms with Crippen LogP contribution in [0.2, 0.25) is 0 Å². The van der Waals surface area contributed by atoms with E-state index < -0.39 is 18.9 Å². The number of anilines is 4. The van der Waals surface area contributed by atoms with Crippen LogP contribution >= 0.6 is 0 Å². The van der Waals surface area contributed by atoms with Gasteiger partial charge in [-0.2, -0.15) is 33.1 Å². The van der Waals surface area contributed by atoms with Crippen LogP contribution in [0.25, 0.3) is 11.6 Å². The molecular weight excluding hydrogens is 429 g/mol. The van der Waals surface area contributed by atoms with E-state index in [9.17, 15) is 13.2 Å². The van der Waals surface area contributed by atoms with Crippen LogP contribution in [0.5, 0.6) is 0 Å². The number of benzene rings is 1. The van der Waals surface area contributed by atoms with Gasteiger partial charge in [0.2, 0.25) is 23.5 Å². The third-order valence-electron chi connectivity index (χ3n) is 4.89. The van der Waals surface area contributed by atoms with E-state index in [4.69, 9.17) is 15.0 Å². The standard InChI is InChI=1S/C19H21F3N8O2/c1-29(12-5-3-2-4-6-12)17-25-14(24-16(23)27-17)15-26-18(32-28-15)30-9-7-13(8-10-30)31-11-19(20,21)22/h2-6,13H,7-11H2,1H3,(H2,23,24,25,27). The lowest BCUT2D eigenvalue weighted by Gasteiger charge is -2.30. The average Bonchev–Trinajstić information content (AvgIpc) is 3.28. The number of para-hydroxylation sites is 1. The molecule has 1 aromatic carbocycles. The van der Waals surface area contributed by atoms with Gasteiger partial charge in [-0.15, -0.1) is 0 Å². The molecule has 10 nitrogen and oxygen atoms in total. The third-order valence-corrected chi connectivity index (χ3v) is 4.89. The molecule has 1 saturated heterocycles. The van der Waals surface area contributed by atoms with E-state index in [-0.39, 0.29) is 23.6 Å². The minimum atomic E-state index is -4.33. The molecule has 2 N–H and O–H groups in total. The van der Waals surface area contributed by atoms with Crippen LogP contribution in [0.1, 0.15) is 12.8 Å². The molecule has 0 radical (unpaired) electrons. The maximum Gasteiger partial charge on any atom is 0.411 e. The van der Waals surface area contributed by atoms with Gasteiger partial charge in [-0.1, -0.05) is 23.4 Å². The molecule has 32 heavy (non-hydrogen) atoms.